The van der Waals surface area contributed by atoms with Crippen LogP contribution in [-0.2, 0) is 11.3 Å². The van der Waals surface area contributed by atoms with E-state index in [9.17, 15) is 19.2 Å². The van der Waals surface area contributed by atoms with Crippen molar-refractivity contribution in [2.45, 2.75) is 66.2 Å². The average molecular weight is 712 g/mol. The number of rotatable bonds is 5. The molecule has 0 radical (unpaired) electrons. The number of carbonyl (C=O) groups is 4. The van der Waals surface area contributed by atoms with Gasteiger partial charge in [-0.05, 0) is 43.4 Å². The Labute approximate surface area is 299 Å². The van der Waals surface area contributed by atoms with Gasteiger partial charge in [-0.15, -0.1) is 11.3 Å². The Hall–Kier alpha value is -5.44. The minimum atomic E-state index is -0.640. The summed E-state index contributed by atoms with van der Waals surface area (Å²) in [5.74, 6) is -1.65. The smallest absolute Gasteiger partial charge is 0.275 e. The van der Waals surface area contributed by atoms with E-state index in [2.05, 4.69) is 30.9 Å². The van der Waals surface area contributed by atoms with E-state index in [1.165, 1.54) is 16.2 Å². The zero-order chi connectivity index (χ0) is 36.4. The maximum Gasteiger partial charge on any atom is 0.275 e. The molecule has 14 nitrogen and oxygen atoms in total. The fraction of sp³-hybridized carbons (Fsp3) is 0.389. The molecule has 0 saturated heterocycles. The van der Waals surface area contributed by atoms with Gasteiger partial charge in [-0.3, -0.25) is 19.2 Å². The number of nitrogens with zero attached hydrogens (tertiary/aromatic N) is 6. The fourth-order valence-electron chi connectivity index (χ4n) is 6.00. The van der Waals surface area contributed by atoms with Crippen molar-refractivity contribution in [2.75, 3.05) is 13.1 Å². The number of nitrogens with one attached hydrogen (secondary N) is 3. The highest BCUT2D eigenvalue weighted by atomic mass is 32.1. The summed E-state index contributed by atoms with van der Waals surface area (Å²) >= 11 is 1.26. The average Bonchev–Trinajstić information content (AvgIpc) is 3.83. The topological polar surface area (TPSA) is 177 Å². The van der Waals surface area contributed by atoms with Gasteiger partial charge < -0.3 is 25.3 Å². The summed E-state index contributed by atoms with van der Waals surface area (Å²) in [4.78, 5) is 70.1. The first-order valence-electron chi connectivity index (χ1n) is 16.9. The third-order valence-electron chi connectivity index (χ3n) is 8.63. The standard InChI is InChI=1S/C36H41N9O5S/c1-19(2)27-34-42-29(22(6)50-34)33(48)38-21(5)15-44(17-26(46)40-28(20(3)4)35-39-25(18-51-35)32(47)41-27)36(49)30-24-13-10-14-37-31(24)45(43-30)16-23-11-8-7-9-12-23/h7-14,18-21,27-28H,15-17H2,1-6H3,(H,38,48)(H,40,46)(H,41,47)/t21-,27-,28+/m1/s1. The van der Waals surface area contributed by atoms with Gasteiger partial charge in [0, 0.05) is 24.2 Å². The molecule has 3 atom stereocenters. The van der Waals surface area contributed by atoms with Gasteiger partial charge in [0.05, 0.1) is 24.5 Å². The summed E-state index contributed by atoms with van der Waals surface area (Å²) < 4.78 is 7.59. The molecule has 4 aromatic heterocycles. The van der Waals surface area contributed by atoms with Crippen LogP contribution in [0, 0.1) is 18.8 Å². The number of aryl methyl sites for hydroxylation is 1. The highest BCUT2D eigenvalue weighted by Crippen LogP contribution is 2.28. The van der Waals surface area contributed by atoms with Crippen LogP contribution in [0.4, 0.5) is 0 Å². The molecule has 6 rings (SSSR count). The van der Waals surface area contributed by atoms with Crippen molar-refractivity contribution in [3.63, 3.8) is 0 Å². The molecular weight excluding hydrogens is 671 g/mol. The largest absolute Gasteiger partial charge is 0.443 e. The zero-order valence-electron chi connectivity index (χ0n) is 29.3. The molecule has 5 heterocycles. The van der Waals surface area contributed by atoms with Crippen LogP contribution in [0.1, 0.15) is 100 Å². The lowest BCUT2D eigenvalue weighted by Crippen LogP contribution is -2.49. The van der Waals surface area contributed by atoms with Gasteiger partial charge in [0.15, 0.2) is 17.0 Å². The SMILES string of the molecule is Cc1oc2nc1C(=O)N[C@H](C)CN(C(=O)c1nn(Cc3ccccc3)c3ncccc13)CC(=O)N[C@@H](C(C)C)c1nc(cs1)C(=O)N[C@@H]2C(C)C. The lowest BCUT2D eigenvalue weighted by Gasteiger charge is -2.27. The molecule has 51 heavy (non-hydrogen) atoms. The van der Waals surface area contributed by atoms with Gasteiger partial charge in [0.1, 0.15) is 22.5 Å². The Morgan fingerprint density at radius 2 is 1.71 bits per heavy atom. The fourth-order valence-corrected chi connectivity index (χ4v) is 7.02. The minimum absolute atomic E-state index is 0.0204. The first-order chi connectivity index (χ1) is 24.4. The van der Waals surface area contributed by atoms with Crippen LogP contribution in [0.3, 0.4) is 0 Å². The van der Waals surface area contributed by atoms with Gasteiger partial charge >= 0.3 is 0 Å². The number of amides is 4. The lowest BCUT2D eigenvalue weighted by atomic mass is 10.0. The number of oxazole rings is 1. The van der Waals surface area contributed by atoms with Gasteiger partial charge in [0.25, 0.3) is 17.7 Å². The highest BCUT2D eigenvalue weighted by molar-refractivity contribution is 7.09. The summed E-state index contributed by atoms with van der Waals surface area (Å²) in [6.45, 7) is 11.1. The predicted molar refractivity (Wildman–Crippen MR) is 190 cm³/mol. The van der Waals surface area contributed by atoms with E-state index in [4.69, 9.17) is 9.52 Å². The van der Waals surface area contributed by atoms with Gasteiger partial charge in [0.2, 0.25) is 11.8 Å². The summed E-state index contributed by atoms with van der Waals surface area (Å²) in [5.41, 5.74) is 1.88. The van der Waals surface area contributed by atoms with E-state index in [0.29, 0.717) is 22.6 Å². The molecule has 1 aliphatic rings. The molecule has 1 aromatic carbocycles. The molecule has 0 aliphatic carbocycles. The Morgan fingerprint density at radius 1 is 0.961 bits per heavy atom. The van der Waals surface area contributed by atoms with E-state index >= 15 is 0 Å². The second-order valence-electron chi connectivity index (χ2n) is 13.4. The van der Waals surface area contributed by atoms with Gasteiger partial charge in [-0.1, -0.05) is 58.0 Å². The van der Waals surface area contributed by atoms with E-state index in [0.717, 1.165) is 5.56 Å². The van der Waals surface area contributed by atoms with Crippen LogP contribution in [0.2, 0.25) is 0 Å². The molecule has 266 valence electrons. The predicted octanol–water partition coefficient (Wildman–Crippen LogP) is 4.45. The summed E-state index contributed by atoms with van der Waals surface area (Å²) in [6.07, 6.45) is 1.64. The van der Waals surface area contributed by atoms with Crippen LogP contribution in [0.25, 0.3) is 11.0 Å². The third kappa shape index (κ3) is 7.67. The molecule has 5 aromatic rings. The van der Waals surface area contributed by atoms with Crippen molar-refractivity contribution in [1.29, 1.82) is 0 Å². The normalized spacial score (nSPS) is 19.1. The number of hydrogen-bond acceptors (Lipinski definition) is 10. The number of fused-ring (bicyclic) bond motifs is 5. The first-order valence-corrected chi connectivity index (χ1v) is 17.8. The van der Waals surface area contributed by atoms with Crippen molar-refractivity contribution in [1.82, 2.24) is 45.6 Å². The molecule has 1 aliphatic heterocycles. The molecule has 4 bridgehead atoms. The second-order valence-corrected chi connectivity index (χ2v) is 14.3. The molecular formula is C36H41N9O5S. The summed E-state index contributed by atoms with van der Waals surface area (Å²) in [5, 5.41) is 16.3. The molecule has 0 saturated carbocycles. The number of hydrogen-bond donors (Lipinski definition) is 3. The zero-order valence-corrected chi connectivity index (χ0v) is 30.2. The Balaban J connectivity index is 1.38. The van der Waals surface area contributed by atoms with Crippen molar-refractivity contribution in [3.8, 4) is 0 Å². The van der Waals surface area contributed by atoms with Crippen molar-refractivity contribution in [2.24, 2.45) is 11.8 Å². The lowest BCUT2D eigenvalue weighted by molar-refractivity contribution is -0.122. The third-order valence-corrected chi connectivity index (χ3v) is 9.56. The molecule has 0 fully saturated rings. The van der Waals surface area contributed by atoms with Gasteiger partial charge in [-0.25, -0.2) is 19.6 Å². The summed E-state index contributed by atoms with van der Waals surface area (Å²) in [6, 6.07) is 11.4. The van der Waals surface area contributed by atoms with E-state index in [1.807, 2.05) is 58.0 Å². The van der Waals surface area contributed by atoms with Crippen molar-refractivity contribution in [3.05, 3.63) is 93.3 Å². The van der Waals surface area contributed by atoms with Crippen LogP contribution in [-0.4, -0.2) is 72.4 Å². The highest BCUT2D eigenvalue weighted by Gasteiger charge is 2.32. The Bertz CT molecular complexity index is 2070. The molecule has 0 spiro atoms. The summed E-state index contributed by atoms with van der Waals surface area (Å²) in [7, 11) is 0. The number of benzene rings is 1. The van der Waals surface area contributed by atoms with E-state index in [-0.39, 0.29) is 53.7 Å². The number of thiazole rings is 1. The van der Waals surface area contributed by atoms with Crippen LogP contribution < -0.4 is 16.0 Å². The Kier molecular flexibility index (Phi) is 10.3. The van der Waals surface area contributed by atoms with Crippen molar-refractivity contribution >= 4 is 46.0 Å². The molecule has 15 heteroatoms. The quantitative estimate of drug-likeness (QED) is 0.238. The monoisotopic (exact) mass is 711 g/mol. The minimum Gasteiger partial charge on any atom is -0.443 e. The molecule has 3 N–H and O–H groups in total. The van der Waals surface area contributed by atoms with Crippen LogP contribution in [0.5, 0.6) is 0 Å². The van der Waals surface area contributed by atoms with Crippen LogP contribution in [0.15, 0.2) is 58.5 Å². The van der Waals surface area contributed by atoms with Crippen molar-refractivity contribution < 1.29 is 23.6 Å². The van der Waals surface area contributed by atoms with E-state index < -0.39 is 41.8 Å². The molecule has 4 amide bonds. The van der Waals surface area contributed by atoms with Gasteiger partial charge in [-0.2, -0.15) is 5.10 Å². The second kappa shape index (κ2) is 14.8. The van der Waals surface area contributed by atoms with Crippen LogP contribution >= 0.6 is 11.3 Å². The first kappa shape index (κ1) is 35.4. The maximum atomic E-state index is 14.4. The number of carbonyl (C=O) groups excluding carboxylic acids is 4. The Morgan fingerprint density at radius 3 is 2.43 bits per heavy atom. The number of pyridine rings is 1. The van der Waals surface area contributed by atoms with E-state index in [1.54, 1.807) is 42.2 Å². The number of aromatic nitrogens is 5. The maximum absolute atomic E-state index is 14.4. The molecule has 0 unspecified atom stereocenters.